The average Bonchev–Trinajstić information content (AvgIpc) is 3.10. The van der Waals surface area contributed by atoms with Gasteiger partial charge in [0.25, 0.3) is 0 Å². The van der Waals surface area contributed by atoms with Gasteiger partial charge in [-0.15, -0.1) is 11.8 Å². The fourth-order valence-electron chi connectivity index (χ4n) is 3.95. The zero-order chi connectivity index (χ0) is 19.1. The van der Waals surface area contributed by atoms with Gasteiger partial charge in [-0.1, -0.05) is 43.7 Å². The van der Waals surface area contributed by atoms with Crippen LogP contribution in [-0.4, -0.2) is 58.5 Å². The number of urea groups is 1. The third-order valence-electron chi connectivity index (χ3n) is 5.59. The van der Waals surface area contributed by atoms with Crippen LogP contribution in [0.2, 0.25) is 0 Å². The number of carbonyl (C=O) groups is 2. The van der Waals surface area contributed by atoms with Gasteiger partial charge >= 0.3 is 6.03 Å². The predicted octanol–water partition coefficient (Wildman–Crippen LogP) is 3.50. The Labute approximate surface area is 166 Å². The van der Waals surface area contributed by atoms with Gasteiger partial charge in [-0.2, -0.15) is 0 Å². The highest BCUT2D eigenvalue weighted by Crippen LogP contribution is 2.44. The average molecular weight is 390 g/mol. The molecule has 2 aliphatic heterocycles. The molecule has 0 aliphatic carbocycles. The Bertz CT molecular complexity index is 630. The number of nitrogens with zero attached hydrogens (tertiary/aromatic N) is 2. The molecule has 0 aromatic heterocycles. The van der Waals surface area contributed by atoms with E-state index >= 15 is 0 Å². The van der Waals surface area contributed by atoms with E-state index in [0.29, 0.717) is 6.42 Å². The van der Waals surface area contributed by atoms with Gasteiger partial charge in [0.2, 0.25) is 5.91 Å². The second-order valence-electron chi connectivity index (χ2n) is 7.40. The molecule has 0 unspecified atom stereocenters. The molecule has 0 saturated carbocycles. The van der Waals surface area contributed by atoms with Gasteiger partial charge in [-0.25, -0.2) is 4.79 Å². The molecule has 27 heavy (non-hydrogen) atoms. The molecule has 2 aliphatic rings. The van der Waals surface area contributed by atoms with Crippen molar-refractivity contribution in [3.8, 4) is 0 Å². The fourth-order valence-corrected chi connectivity index (χ4v) is 5.42. The number of likely N-dealkylation sites (tertiary alicyclic amines) is 1. The quantitative estimate of drug-likeness (QED) is 0.758. The fraction of sp³-hybridized carbons (Fsp3) is 0.619. The molecule has 5 nitrogen and oxygen atoms in total. The number of benzene rings is 1. The van der Waals surface area contributed by atoms with E-state index in [1.807, 2.05) is 34.9 Å². The van der Waals surface area contributed by atoms with E-state index in [2.05, 4.69) is 29.3 Å². The third kappa shape index (κ3) is 4.98. The second-order valence-corrected chi connectivity index (χ2v) is 8.86. The Kier molecular flexibility index (Phi) is 7.05. The summed E-state index contributed by atoms with van der Waals surface area (Å²) >= 11 is 1.91. The van der Waals surface area contributed by atoms with Crippen LogP contribution in [0.15, 0.2) is 30.3 Å². The van der Waals surface area contributed by atoms with Crippen LogP contribution in [-0.2, 0) is 11.2 Å². The van der Waals surface area contributed by atoms with Crippen molar-refractivity contribution in [3.63, 3.8) is 0 Å². The number of hydrogen-bond donors (Lipinski definition) is 1. The highest BCUT2D eigenvalue weighted by atomic mass is 32.2. The smallest absolute Gasteiger partial charge is 0.317 e. The number of amides is 3. The largest absolute Gasteiger partial charge is 0.338 e. The molecule has 1 N–H and O–H groups in total. The molecule has 0 radical (unpaired) electrons. The van der Waals surface area contributed by atoms with Crippen molar-refractivity contribution < 1.29 is 9.59 Å². The first-order chi connectivity index (χ1) is 13.1. The molecule has 1 aromatic rings. The van der Waals surface area contributed by atoms with E-state index in [1.165, 1.54) is 5.56 Å². The number of hydrogen-bond acceptors (Lipinski definition) is 3. The molecule has 6 heteroatoms. The summed E-state index contributed by atoms with van der Waals surface area (Å²) in [6, 6.07) is 10.3. The second kappa shape index (κ2) is 9.49. The SMILES string of the molecule is CCCCNC(=O)N1CCC2(CC1)SCCN2C(=O)CCc1ccccc1. The van der Waals surface area contributed by atoms with E-state index < -0.39 is 0 Å². The highest BCUT2D eigenvalue weighted by molar-refractivity contribution is 8.00. The number of nitrogens with one attached hydrogen (secondary N) is 1. The van der Waals surface area contributed by atoms with Crippen molar-refractivity contribution >= 4 is 23.7 Å². The number of unbranched alkanes of at least 4 members (excludes halogenated alkanes) is 1. The topological polar surface area (TPSA) is 52.7 Å². The van der Waals surface area contributed by atoms with Crippen LogP contribution in [0.1, 0.15) is 44.6 Å². The van der Waals surface area contributed by atoms with Gasteiger partial charge in [-0.3, -0.25) is 4.79 Å². The van der Waals surface area contributed by atoms with Crippen molar-refractivity contribution in [3.05, 3.63) is 35.9 Å². The first-order valence-corrected chi connectivity index (χ1v) is 11.1. The first kappa shape index (κ1) is 20.1. The summed E-state index contributed by atoms with van der Waals surface area (Å²) in [5.74, 6) is 1.25. The van der Waals surface area contributed by atoms with Gasteiger partial charge < -0.3 is 15.1 Å². The maximum atomic E-state index is 12.9. The molecule has 2 fully saturated rings. The molecule has 1 spiro atoms. The summed E-state index contributed by atoms with van der Waals surface area (Å²) in [7, 11) is 0. The summed E-state index contributed by atoms with van der Waals surface area (Å²) in [6.07, 6.45) is 5.20. The Morgan fingerprint density at radius 2 is 1.89 bits per heavy atom. The molecule has 2 heterocycles. The zero-order valence-corrected chi connectivity index (χ0v) is 17.1. The van der Waals surface area contributed by atoms with Gasteiger partial charge in [-0.05, 0) is 31.2 Å². The number of carbonyl (C=O) groups excluding carboxylic acids is 2. The molecular weight excluding hydrogens is 358 g/mol. The Morgan fingerprint density at radius 1 is 1.15 bits per heavy atom. The lowest BCUT2D eigenvalue weighted by atomic mass is 10.0. The molecule has 3 amide bonds. The summed E-state index contributed by atoms with van der Waals surface area (Å²) in [5, 5.41) is 3.00. The van der Waals surface area contributed by atoms with E-state index in [4.69, 9.17) is 0 Å². The first-order valence-electron chi connectivity index (χ1n) is 10.2. The lowest BCUT2D eigenvalue weighted by molar-refractivity contribution is -0.134. The van der Waals surface area contributed by atoms with Crippen molar-refractivity contribution in [1.29, 1.82) is 0 Å². The van der Waals surface area contributed by atoms with Crippen LogP contribution in [0.25, 0.3) is 0 Å². The molecule has 0 bridgehead atoms. The molecule has 3 rings (SSSR count). The summed E-state index contributed by atoms with van der Waals surface area (Å²) < 4.78 is 0. The summed E-state index contributed by atoms with van der Waals surface area (Å²) in [4.78, 5) is 29.1. The number of rotatable bonds is 6. The number of thioether (sulfide) groups is 1. The van der Waals surface area contributed by atoms with Crippen molar-refractivity contribution in [2.75, 3.05) is 31.9 Å². The molecule has 0 atom stereocenters. The van der Waals surface area contributed by atoms with Crippen LogP contribution < -0.4 is 5.32 Å². The monoisotopic (exact) mass is 389 g/mol. The molecular formula is C21H31N3O2S. The minimum Gasteiger partial charge on any atom is -0.338 e. The summed E-state index contributed by atoms with van der Waals surface area (Å²) in [6.45, 7) is 5.16. The van der Waals surface area contributed by atoms with Gasteiger partial charge in [0.1, 0.15) is 0 Å². The summed E-state index contributed by atoms with van der Waals surface area (Å²) in [5.41, 5.74) is 1.21. The van der Waals surface area contributed by atoms with Crippen LogP contribution in [0, 0.1) is 0 Å². The lowest BCUT2D eigenvalue weighted by Crippen LogP contribution is -2.55. The highest BCUT2D eigenvalue weighted by Gasteiger charge is 2.46. The van der Waals surface area contributed by atoms with Crippen LogP contribution in [0.5, 0.6) is 0 Å². The van der Waals surface area contributed by atoms with E-state index in [-0.39, 0.29) is 16.8 Å². The Morgan fingerprint density at radius 3 is 2.59 bits per heavy atom. The predicted molar refractivity (Wildman–Crippen MR) is 111 cm³/mol. The lowest BCUT2D eigenvalue weighted by Gasteiger charge is -2.44. The number of aryl methyl sites for hydroxylation is 1. The van der Waals surface area contributed by atoms with Gasteiger partial charge in [0.15, 0.2) is 0 Å². The maximum absolute atomic E-state index is 12.9. The van der Waals surface area contributed by atoms with E-state index in [1.54, 1.807) is 0 Å². The maximum Gasteiger partial charge on any atom is 0.317 e. The Hall–Kier alpha value is -1.69. The number of piperidine rings is 1. The minimum absolute atomic E-state index is 0.0447. The van der Waals surface area contributed by atoms with Crippen LogP contribution in [0.4, 0.5) is 4.79 Å². The minimum atomic E-state index is -0.103. The zero-order valence-electron chi connectivity index (χ0n) is 16.3. The van der Waals surface area contributed by atoms with Crippen molar-refractivity contribution in [2.24, 2.45) is 0 Å². The third-order valence-corrected chi connectivity index (χ3v) is 7.14. The Balaban J connectivity index is 1.51. The van der Waals surface area contributed by atoms with E-state index in [0.717, 1.165) is 64.0 Å². The van der Waals surface area contributed by atoms with Crippen molar-refractivity contribution in [2.45, 2.75) is 50.3 Å². The molecule has 1 aromatic carbocycles. The van der Waals surface area contributed by atoms with Gasteiger partial charge in [0, 0.05) is 38.4 Å². The van der Waals surface area contributed by atoms with Crippen molar-refractivity contribution in [1.82, 2.24) is 15.1 Å². The standard InChI is InChI=1S/C21H31N3O2S/c1-2-3-13-22-20(26)23-14-11-21(12-15-23)24(16-17-27-21)19(25)10-9-18-7-5-4-6-8-18/h4-8H,2-3,9-17H2,1H3,(H,22,26). The molecule has 148 valence electrons. The molecule has 2 saturated heterocycles. The van der Waals surface area contributed by atoms with E-state index in [9.17, 15) is 9.59 Å². The normalized spacial score (nSPS) is 18.7. The van der Waals surface area contributed by atoms with Gasteiger partial charge in [0.05, 0.1) is 4.87 Å². The van der Waals surface area contributed by atoms with Crippen LogP contribution >= 0.6 is 11.8 Å². The van der Waals surface area contributed by atoms with Crippen LogP contribution in [0.3, 0.4) is 0 Å².